The van der Waals surface area contributed by atoms with E-state index < -0.39 is 11.6 Å². The molecule has 0 radical (unpaired) electrons. The molecule has 1 atom stereocenters. The second-order valence-electron chi connectivity index (χ2n) is 5.50. The fourth-order valence-corrected chi connectivity index (χ4v) is 3.05. The number of hydrogen-bond donors (Lipinski definition) is 1. The maximum Gasteiger partial charge on any atom is 0.303 e. The molecule has 1 aliphatic rings. The minimum absolute atomic E-state index is 0.0726. The number of nitrogens with zero attached hydrogens (tertiary/aromatic N) is 1. The number of halogens is 1. The van der Waals surface area contributed by atoms with Crippen LogP contribution in [0.15, 0.2) is 42.5 Å². The molecule has 2 aromatic rings. The maximum atomic E-state index is 13.2. The van der Waals surface area contributed by atoms with Crippen LogP contribution >= 0.6 is 0 Å². The molecular formula is C18H14FNO3. The minimum atomic E-state index is -0.921. The summed E-state index contributed by atoms with van der Waals surface area (Å²) < 4.78 is 19.2. The number of carboxylic acid groups (broad SMARTS) is 1. The van der Waals surface area contributed by atoms with Crippen LogP contribution in [0.5, 0.6) is 0 Å². The summed E-state index contributed by atoms with van der Waals surface area (Å²) in [4.78, 5) is 11.0. The Hall–Kier alpha value is -2.71. The van der Waals surface area contributed by atoms with Crippen molar-refractivity contribution in [3.63, 3.8) is 0 Å². The highest BCUT2D eigenvalue weighted by molar-refractivity contribution is 5.67. The second-order valence-corrected chi connectivity index (χ2v) is 5.50. The zero-order valence-electron chi connectivity index (χ0n) is 12.3. The van der Waals surface area contributed by atoms with E-state index in [4.69, 9.17) is 15.1 Å². The zero-order chi connectivity index (χ0) is 16.4. The van der Waals surface area contributed by atoms with Crippen LogP contribution in [0.25, 0.3) is 0 Å². The number of nitriles is 1. The number of aliphatic carboxylic acids is 1. The Morgan fingerprint density at radius 3 is 2.70 bits per heavy atom. The molecule has 0 fully saturated rings. The maximum absolute atomic E-state index is 13.2. The van der Waals surface area contributed by atoms with E-state index in [2.05, 4.69) is 6.07 Å². The predicted octanol–water partition coefficient (Wildman–Crippen LogP) is 3.34. The molecule has 116 valence electrons. The van der Waals surface area contributed by atoms with Crippen molar-refractivity contribution in [1.82, 2.24) is 0 Å². The summed E-state index contributed by atoms with van der Waals surface area (Å²) in [5.74, 6) is -1.28. The van der Waals surface area contributed by atoms with Crippen molar-refractivity contribution >= 4 is 5.97 Å². The van der Waals surface area contributed by atoms with Gasteiger partial charge in [-0.2, -0.15) is 5.26 Å². The first-order valence-corrected chi connectivity index (χ1v) is 7.20. The Labute approximate surface area is 132 Å². The molecule has 1 aliphatic heterocycles. The van der Waals surface area contributed by atoms with Crippen LogP contribution in [0, 0.1) is 17.1 Å². The third-order valence-corrected chi connectivity index (χ3v) is 4.14. The third-order valence-electron chi connectivity index (χ3n) is 4.14. The lowest BCUT2D eigenvalue weighted by molar-refractivity contribution is -0.138. The quantitative estimate of drug-likeness (QED) is 0.940. The number of ether oxygens (including phenoxy) is 1. The van der Waals surface area contributed by atoms with Crippen LogP contribution in [0.2, 0.25) is 0 Å². The van der Waals surface area contributed by atoms with E-state index in [1.165, 1.54) is 12.1 Å². The van der Waals surface area contributed by atoms with Crippen molar-refractivity contribution in [2.24, 2.45) is 0 Å². The number of benzene rings is 2. The van der Waals surface area contributed by atoms with Crippen molar-refractivity contribution < 1.29 is 19.0 Å². The first-order chi connectivity index (χ1) is 11.0. The molecule has 0 saturated heterocycles. The van der Waals surface area contributed by atoms with Gasteiger partial charge in [0.25, 0.3) is 0 Å². The van der Waals surface area contributed by atoms with Gasteiger partial charge in [0.2, 0.25) is 0 Å². The molecular weight excluding hydrogens is 297 g/mol. The normalized spacial score (nSPS) is 19.1. The Morgan fingerprint density at radius 2 is 2.04 bits per heavy atom. The van der Waals surface area contributed by atoms with E-state index in [1.807, 2.05) is 0 Å². The number of fused-ring (bicyclic) bond motifs is 1. The van der Waals surface area contributed by atoms with E-state index in [-0.39, 0.29) is 18.7 Å². The molecule has 0 saturated carbocycles. The van der Waals surface area contributed by atoms with Crippen LogP contribution in [0.3, 0.4) is 0 Å². The largest absolute Gasteiger partial charge is 0.481 e. The molecule has 1 N–H and O–H groups in total. The summed E-state index contributed by atoms with van der Waals surface area (Å²) in [6, 6.07) is 13.2. The zero-order valence-corrected chi connectivity index (χ0v) is 12.3. The molecule has 0 aromatic heterocycles. The minimum Gasteiger partial charge on any atom is -0.481 e. The van der Waals surface area contributed by atoms with Gasteiger partial charge in [-0.3, -0.25) is 4.79 Å². The van der Waals surface area contributed by atoms with E-state index in [9.17, 15) is 9.18 Å². The van der Waals surface area contributed by atoms with Gasteiger partial charge >= 0.3 is 5.97 Å². The van der Waals surface area contributed by atoms with E-state index in [0.29, 0.717) is 17.7 Å². The second kappa shape index (κ2) is 5.82. The molecule has 0 bridgehead atoms. The van der Waals surface area contributed by atoms with Gasteiger partial charge in [-0.05, 0) is 47.4 Å². The number of rotatable bonds is 4. The van der Waals surface area contributed by atoms with E-state index in [0.717, 1.165) is 11.1 Å². The van der Waals surface area contributed by atoms with Gasteiger partial charge in [0.15, 0.2) is 0 Å². The number of carboxylic acids is 1. The molecule has 2 aromatic carbocycles. The first kappa shape index (κ1) is 15.2. The Morgan fingerprint density at radius 1 is 1.30 bits per heavy atom. The Kier molecular flexibility index (Phi) is 3.85. The Bertz CT molecular complexity index is 795. The average molecular weight is 311 g/mol. The van der Waals surface area contributed by atoms with Crippen LogP contribution in [0.1, 0.15) is 35.1 Å². The van der Waals surface area contributed by atoms with Crippen molar-refractivity contribution in [2.45, 2.75) is 25.0 Å². The van der Waals surface area contributed by atoms with Gasteiger partial charge in [-0.15, -0.1) is 0 Å². The number of hydrogen-bond acceptors (Lipinski definition) is 3. The van der Waals surface area contributed by atoms with Crippen LogP contribution in [-0.2, 0) is 21.7 Å². The lowest BCUT2D eigenvalue weighted by Gasteiger charge is -2.30. The summed E-state index contributed by atoms with van der Waals surface area (Å²) in [6.45, 7) is 0.294. The molecule has 0 amide bonds. The fourth-order valence-electron chi connectivity index (χ4n) is 3.05. The Balaban J connectivity index is 2.10. The highest BCUT2D eigenvalue weighted by Gasteiger charge is 2.42. The van der Waals surface area contributed by atoms with Crippen molar-refractivity contribution in [3.05, 3.63) is 70.5 Å². The summed E-state index contributed by atoms with van der Waals surface area (Å²) in [7, 11) is 0. The van der Waals surface area contributed by atoms with E-state index >= 15 is 0 Å². The average Bonchev–Trinajstić information content (AvgIpc) is 2.92. The smallest absolute Gasteiger partial charge is 0.303 e. The van der Waals surface area contributed by atoms with Gasteiger partial charge < -0.3 is 9.84 Å². The summed E-state index contributed by atoms with van der Waals surface area (Å²) in [5.41, 5.74) is 2.02. The highest BCUT2D eigenvalue weighted by Crippen LogP contribution is 2.45. The summed E-state index contributed by atoms with van der Waals surface area (Å²) in [5, 5.41) is 18.1. The molecule has 3 rings (SSSR count). The van der Waals surface area contributed by atoms with Crippen LogP contribution in [-0.4, -0.2) is 11.1 Å². The van der Waals surface area contributed by atoms with E-state index in [1.54, 1.807) is 30.3 Å². The topological polar surface area (TPSA) is 70.3 Å². The number of carbonyl (C=O) groups is 1. The lowest BCUT2D eigenvalue weighted by Crippen LogP contribution is -2.28. The van der Waals surface area contributed by atoms with Crippen molar-refractivity contribution in [1.29, 1.82) is 5.26 Å². The van der Waals surface area contributed by atoms with Gasteiger partial charge in [-0.1, -0.05) is 18.2 Å². The molecule has 0 spiro atoms. The monoisotopic (exact) mass is 311 g/mol. The molecule has 1 heterocycles. The predicted molar refractivity (Wildman–Crippen MR) is 80.0 cm³/mol. The van der Waals surface area contributed by atoms with Gasteiger partial charge in [0, 0.05) is 6.42 Å². The molecule has 23 heavy (non-hydrogen) atoms. The fraction of sp³-hybridized carbons (Fsp3) is 0.222. The molecule has 0 unspecified atom stereocenters. The lowest BCUT2D eigenvalue weighted by atomic mass is 9.81. The van der Waals surface area contributed by atoms with Crippen LogP contribution in [0.4, 0.5) is 4.39 Å². The van der Waals surface area contributed by atoms with Gasteiger partial charge in [-0.25, -0.2) is 4.39 Å². The van der Waals surface area contributed by atoms with Gasteiger partial charge in [0.1, 0.15) is 11.4 Å². The SMILES string of the molecule is N#Cc1ccc2c(c1)CO[C@@]2(CCC(=O)O)c1ccc(F)cc1. The summed E-state index contributed by atoms with van der Waals surface area (Å²) in [6.07, 6.45) is 0.170. The first-order valence-electron chi connectivity index (χ1n) is 7.20. The summed E-state index contributed by atoms with van der Waals surface area (Å²) >= 11 is 0. The van der Waals surface area contributed by atoms with Crippen molar-refractivity contribution in [3.8, 4) is 6.07 Å². The third kappa shape index (κ3) is 2.69. The molecule has 4 nitrogen and oxygen atoms in total. The van der Waals surface area contributed by atoms with Gasteiger partial charge in [0.05, 0.1) is 18.2 Å². The highest BCUT2D eigenvalue weighted by atomic mass is 19.1. The molecule has 0 aliphatic carbocycles. The van der Waals surface area contributed by atoms with Crippen molar-refractivity contribution in [2.75, 3.05) is 0 Å². The molecule has 5 heteroatoms. The van der Waals surface area contributed by atoms with Crippen LogP contribution < -0.4 is 0 Å². The standard InChI is InChI=1S/C18H14FNO3/c19-15-4-2-14(3-5-15)18(8-7-17(21)22)16-6-1-12(10-20)9-13(16)11-23-18/h1-6,9H,7-8,11H2,(H,21,22)/t18-/m0/s1.